The molecular formula is C16H24BFN2O3. The largest absolute Gasteiger partial charge is 0.525 e. The zero-order valence-electron chi connectivity index (χ0n) is 14.4. The Bertz CT molecular complexity index is 605. The van der Waals surface area contributed by atoms with E-state index >= 15 is 0 Å². The van der Waals surface area contributed by atoms with Crippen LogP contribution in [0, 0.1) is 0 Å². The van der Waals surface area contributed by atoms with Crippen molar-refractivity contribution in [2.45, 2.75) is 58.3 Å². The van der Waals surface area contributed by atoms with E-state index in [1.807, 2.05) is 38.6 Å². The van der Waals surface area contributed by atoms with Crippen LogP contribution in [0.25, 0.3) is 5.57 Å². The smallest absolute Gasteiger partial charge is 0.398 e. The molecule has 5 nitrogen and oxygen atoms in total. The first-order valence-corrected chi connectivity index (χ1v) is 8.05. The molecule has 0 aromatic carbocycles. The zero-order chi connectivity index (χ0) is 16.8. The summed E-state index contributed by atoms with van der Waals surface area (Å²) in [5, 5.41) is 4.34. The van der Waals surface area contributed by atoms with Gasteiger partial charge in [-0.15, -0.1) is 0 Å². The maximum atomic E-state index is 14.8. The van der Waals surface area contributed by atoms with Gasteiger partial charge in [-0.25, -0.2) is 4.39 Å². The van der Waals surface area contributed by atoms with Crippen molar-refractivity contribution in [2.24, 2.45) is 0 Å². The van der Waals surface area contributed by atoms with Crippen molar-refractivity contribution in [3.8, 4) is 0 Å². The summed E-state index contributed by atoms with van der Waals surface area (Å²) in [5.41, 5.74) is -0.273. The molecule has 1 aromatic rings. The molecule has 23 heavy (non-hydrogen) atoms. The van der Waals surface area contributed by atoms with Gasteiger partial charge in [0, 0.05) is 18.4 Å². The maximum absolute atomic E-state index is 14.8. The number of allylic oxidation sites excluding steroid dienone is 1. The van der Waals surface area contributed by atoms with Crippen molar-refractivity contribution < 1.29 is 18.4 Å². The van der Waals surface area contributed by atoms with Gasteiger partial charge in [0.05, 0.1) is 30.0 Å². The molecule has 7 heteroatoms. The van der Waals surface area contributed by atoms with Gasteiger partial charge in [0.25, 0.3) is 0 Å². The van der Waals surface area contributed by atoms with Crippen molar-refractivity contribution in [3.63, 3.8) is 0 Å². The molecule has 0 spiro atoms. The predicted octanol–water partition coefficient (Wildman–Crippen LogP) is 3.18. The predicted molar refractivity (Wildman–Crippen MR) is 86.5 cm³/mol. The van der Waals surface area contributed by atoms with Gasteiger partial charge in [0.15, 0.2) is 0 Å². The van der Waals surface area contributed by atoms with Gasteiger partial charge < -0.3 is 14.0 Å². The molecule has 0 N–H and O–H groups in total. The molecular weight excluding hydrogens is 298 g/mol. The van der Waals surface area contributed by atoms with Crippen molar-refractivity contribution in [2.75, 3.05) is 13.2 Å². The van der Waals surface area contributed by atoms with Gasteiger partial charge >= 0.3 is 7.12 Å². The molecule has 2 fully saturated rings. The van der Waals surface area contributed by atoms with Gasteiger partial charge in [-0.1, -0.05) is 0 Å². The SMILES string of the molecule is CC(=C(F)B1OC(C)(C)C(C)(C)O1)c1cnn(C2CCOC2)c1. The Morgan fingerprint density at radius 1 is 1.30 bits per heavy atom. The third kappa shape index (κ3) is 2.97. The van der Waals surface area contributed by atoms with Crippen LogP contribution in [0.1, 0.15) is 52.6 Å². The Labute approximate surface area is 136 Å². The molecule has 1 unspecified atom stereocenters. The number of aromatic nitrogens is 2. The molecule has 0 bridgehead atoms. The lowest BCUT2D eigenvalue weighted by molar-refractivity contribution is 0.00578. The van der Waals surface area contributed by atoms with Crippen molar-refractivity contribution in [3.05, 3.63) is 23.7 Å². The molecule has 2 aliphatic rings. The lowest BCUT2D eigenvalue weighted by Gasteiger charge is -2.32. The van der Waals surface area contributed by atoms with E-state index in [0.29, 0.717) is 12.2 Å². The lowest BCUT2D eigenvalue weighted by atomic mass is 9.84. The molecule has 2 saturated heterocycles. The number of rotatable bonds is 3. The van der Waals surface area contributed by atoms with Crippen molar-refractivity contribution in [1.82, 2.24) is 9.78 Å². The fourth-order valence-corrected chi connectivity index (χ4v) is 2.72. The molecule has 0 aliphatic carbocycles. The van der Waals surface area contributed by atoms with E-state index in [1.165, 1.54) is 0 Å². The van der Waals surface area contributed by atoms with Crippen molar-refractivity contribution >= 4 is 12.7 Å². The molecule has 0 amide bonds. The van der Waals surface area contributed by atoms with Gasteiger partial charge in [-0.05, 0) is 46.6 Å². The quantitative estimate of drug-likeness (QED) is 0.802. The first-order valence-electron chi connectivity index (χ1n) is 8.05. The van der Waals surface area contributed by atoms with E-state index in [-0.39, 0.29) is 6.04 Å². The van der Waals surface area contributed by atoms with Crippen LogP contribution in [0.15, 0.2) is 18.1 Å². The highest BCUT2D eigenvalue weighted by atomic mass is 19.1. The zero-order valence-corrected chi connectivity index (χ0v) is 14.4. The van der Waals surface area contributed by atoms with Crippen LogP contribution in [-0.2, 0) is 14.0 Å². The number of hydrogen-bond acceptors (Lipinski definition) is 4. The topological polar surface area (TPSA) is 45.5 Å². The van der Waals surface area contributed by atoms with E-state index in [2.05, 4.69) is 5.10 Å². The minimum absolute atomic E-state index is 0.233. The second kappa shape index (κ2) is 5.72. The van der Waals surface area contributed by atoms with E-state index in [1.54, 1.807) is 13.1 Å². The van der Waals surface area contributed by atoms with Crippen LogP contribution in [0.3, 0.4) is 0 Å². The van der Waals surface area contributed by atoms with Crippen LogP contribution in [0.4, 0.5) is 4.39 Å². The average Bonchev–Trinajstić information content (AvgIpc) is 3.17. The Morgan fingerprint density at radius 2 is 1.96 bits per heavy atom. The van der Waals surface area contributed by atoms with E-state index in [4.69, 9.17) is 14.0 Å². The summed E-state index contributed by atoms with van der Waals surface area (Å²) < 4.78 is 33.6. The third-order valence-corrected chi connectivity index (χ3v) is 5.13. The maximum Gasteiger partial charge on any atom is 0.525 e. The number of nitrogens with zero attached hydrogens (tertiary/aromatic N) is 2. The Morgan fingerprint density at radius 3 is 2.52 bits per heavy atom. The summed E-state index contributed by atoms with van der Waals surface area (Å²) in [6.07, 6.45) is 4.47. The highest BCUT2D eigenvalue weighted by Crippen LogP contribution is 2.40. The summed E-state index contributed by atoms with van der Waals surface area (Å²) in [5.74, 6) is 0. The summed E-state index contributed by atoms with van der Waals surface area (Å²) in [4.78, 5) is 0. The molecule has 0 radical (unpaired) electrons. The monoisotopic (exact) mass is 322 g/mol. The van der Waals surface area contributed by atoms with Crippen molar-refractivity contribution in [1.29, 1.82) is 0 Å². The third-order valence-electron chi connectivity index (χ3n) is 5.13. The summed E-state index contributed by atoms with van der Waals surface area (Å²) in [7, 11) is -0.974. The highest BCUT2D eigenvalue weighted by molar-refractivity contribution is 6.55. The molecule has 1 atom stereocenters. The standard InChI is InChI=1S/C16H24BFN2O3/c1-11(12-8-19-20(9-12)13-6-7-21-10-13)14(18)17-22-15(2,3)16(4,5)23-17/h8-9,13H,6-7,10H2,1-5H3. The lowest BCUT2D eigenvalue weighted by Crippen LogP contribution is -2.41. The second-order valence-electron chi connectivity index (χ2n) is 7.29. The Balaban J connectivity index is 1.81. The Hall–Kier alpha value is -1.18. The van der Waals surface area contributed by atoms with Gasteiger partial charge in [0.1, 0.15) is 5.73 Å². The fraction of sp³-hybridized carbons (Fsp3) is 0.688. The summed E-state index contributed by atoms with van der Waals surface area (Å²) in [6, 6.07) is 0.233. The summed E-state index contributed by atoms with van der Waals surface area (Å²) >= 11 is 0. The molecule has 2 aliphatic heterocycles. The van der Waals surface area contributed by atoms with Crippen LogP contribution in [0.2, 0.25) is 0 Å². The van der Waals surface area contributed by atoms with Crippen LogP contribution in [0.5, 0.6) is 0 Å². The van der Waals surface area contributed by atoms with Crippen LogP contribution >= 0.6 is 0 Å². The fourth-order valence-electron chi connectivity index (χ4n) is 2.72. The van der Waals surface area contributed by atoms with E-state index < -0.39 is 24.0 Å². The molecule has 3 rings (SSSR count). The average molecular weight is 322 g/mol. The van der Waals surface area contributed by atoms with Gasteiger partial charge in [-0.2, -0.15) is 5.10 Å². The first-order chi connectivity index (χ1) is 10.7. The van der Waals surface area contributed by atoms with Gasteiger partial charge in [-0.3, -0.25) is 4.68 Å². The highest BCUT2D eigenvalue weighted by Gasteiger charge is 2.53. The van der Waals surface area contributed by atoms with Gasteiger partial charge in [0.2, 0.25) is 0 Å². The number of halogens is 1. The molecule has 3 heterocycles. The first kappa shape index (κ1) is 16.7. The summed E-state index contributed by atoms with van der Waals surface area (Å²) in [6.45, 7) is 10.8. The van der Waals surface area contributed by atoms with E-state index in [0.717, 1.165) is 18.6 Å². The minimum Gasteiger partial charge on any atom is -0.398 e. The number of ether oxygens (including phenoxy) is 1. The molecule has 126 valence electrons. The number of hydrogen-bond donors (Lipinski definition) is 0. The second-order valence-corrected chi connectivity index (χ2v) is 7.29. The molecule has 0 saturated carbocycles. The normalized spacial score (nSPS) is 27.4. The minimum atomic E-state index is -0.974. The molecule has 1 aromatic heterocycles. The van der Waals surface area contributed by atoms with E-state index in [9.17, 15) is 4.39 Å². The Kier molecular flexibility index (Phi) is 4.15. The van der Waals surface area contributed by atoms with Crippen LogP contribution in [-0.4, -0.2) is 41.3 Å². The van der Waals surface area contributed by atoms with Crippen LogP contribution < -0.4 is 0 Å².